The Morgan fingerprint density at radius 3 is 2.67 bits per heavy atom. The van der Waals surface area contributed by atoms with E-state index in [2.05, 4.69) is 0 Å². The van der Waals surface area contributed by atoms with Crippen LogP contribution in [0.2, 0.25) is 0 Å². The minimum atomic E-state index is -0.149. The van der Waals surface area contributed by atoms with Gasteiger partial charge in [0.25, 0.3) is 5.56 Å². The lowest BCUT2D eigenvalue weighted by Gasteiger charge is -2.07. The van der Waals surface area contributed by atoms with Crippen molar-refractivity contribution in [2.24, 2.45) is 7.05 Å². The van der Waals surface area contributed by atoms with Crippen LogP contribution in [0, 0.1) is 11.3 Å². The number of nitrogens with two attached hydrogens (primary N) is 1. The van der Waals surface area contributed by atoms with E-state index in [0.29, 0.717) is 16.8 Å². The molecular weight excluding hydrogens is 190 g/mol. The molecule has 0 unspecified atom stereocenters. The van der Waals surface area contributed by atoms with Crippen molar-refractivity contribution in [3.63, 3.8) is 0 Å². The number of hydrogen-bond acceptors (Lipinski definition) is 3. The van der Waals surface area contributed by atoms with Gasteiger partial charge in [0.1, 0.15) is 6.07 Å². The first-order valence-electron chi connectivity index (χ1n) is 4.43. The van der Waals surface area contributed by atoms with Crippen molar-refractivity contribution >= 4 is 16.6 Å². The highest BCUT2D eigenvalue weighted by molar-refractivity contribution is 5.89. The van der Waals surface area contributed by atoms with Gasteiger partial charge in [-0.05, 0) is 17.5 Å². The van der Waals surface area contributed by atoms with Crippen LogP contribution >= 0.6 is 0 Å². The standard InChI is InChI=1S/C11H9N3O/c1-14-10(15)5-3-7-2-4-9(13)8(6-12)11(7)14/h2-5H,13H2,1H3. The van der Waals surface area contributed by atoms with Crippen LogP contribution in [-0.4, -0.2) is 4.57 Å². The molecule has 1 aromatic heterocycles. The maximum Gasteiger partial charge on any atom is 0.250 e. The highest BCUT2D eigenvalue weighted by Crippen LogP contribution is 2.21. The number of anilines is 1. The summed E-state index contributed by atoms with van der Waals surface area (Å²) in [7, 11) is 1.63. The summed E-state index contributed by atoms with van der Waals surface area (Å²) >= 11 is 0. The quantitative estimate of drug-likeness (QED) is 0.643. The normalized spacial score (nSPS) is 10.1. The Kier molecular flexibility index (Phi) is 1.94. The minimum absolute atomic E-state index is 0.149. The third kappa shape index (κ3) is 1.25. The molecule has 2 rings (SSSR count). The zero-order valence-electron chi connectivity index (χ0n) is 8.19. The maximum absolute atomic E-state index is 11.4. The maximum atomic E-state index is 11.4. The van der Waals surface area contributed by atoms with E-state index < -0.39 is 0 Å². The topological polar surface area (TPSA) is 71.8 Å². The molecule has 1 aromatic carbocycles. The van der Waals surface area contributed by atoms with Gasteiger partial charge in [0.2, 0.25) is 0 Å². The van der Waals surface area contributed by atoms with Crippen LogP contribution in [0.5, 0.6) is 0 Å². The Bertz CT molecular complexity index is 635. The van der Waals surface area contributed by atoms with E-state index in [9.17, 15) is 4.79 Å². The molecule has 0 saturated heterocycles. The monoisotopic (exact) mass is 199 g/mol. The Morgan fingerprint density at radius 2 is 2.00 bits per heavy atom. The molecule has 2 aromatic rings. The number of benzene rings is 1. The van der Waals surface area contributed by atoms with Crippen LogP contribution < -0.4 is 11.3 Å². The first kappa shape index (κ1) is 9.28. The van der Waals surface area contributed by atoms with Crippen LogP contribution in [0.25, 0.3) is 10.9 Å². The van der Waals surface area contributed by atoms with E-state index >= 15 is 0 Å². The molecule has 0 saturated carbocycles. The molecule has 0 aliphatic rings. The van der Waals surface area contributed by atoms with Gasteiger partial charge in [-0.25, -0.2) is 0 Å². The van der Waals surface area contributed by atoms with E-state index in [1.165, 1.54) is 10.6 Å². The Morgan fingerprint density at radius 1 is 1.33 bits per heavy atom. The van der Waals surface area contributed by atoms with Crippen molar-refractivity contribution in [2.45, 2.75) is 0 Å². The minimum Gasteiger partial charge on any atom is -0.398 e. The SMILES string of the molecule is Cn1c(=O)ccc2ccc(N)c(C#N)c21. The molecule has 0 aliphatic heterocycles. The van der Waals surface area contributed by atoms with Crippen LogP contribution in [0.3, 0.4) is 0 Å². The first-order valence-corrected chi connectivity index (χ1v) is 4.43. The largest absolute Gasteiger partial charge is 0.398 e. The van der Waals surface area contributed by atoms with Crippen molar-refractivity contribution in [3.8, 4) is 6.07 Å². The molecule has 15 heavy (non-hydrogen) atoms. The lowest BCUT2D eigenvalue weighted by molar-refractivity contribution is 0.905. The zero-order valence-corrected chi connectivity index (χ0v) is 8.19. The van der Waals surface area contributed by atoms with Gasteiger partial charge in [0.05, 0.1) is 16.8 Å². The van der Waals surface area contributed by atoms with E-state index in [-0.39, 0.29) is 5.56 Å². The number of nitriles is 1. The zero-order chi connectivity index (χ0) is 11.0. The van der Waals surface area contributed by atoms with Crippen molar-refractivity contribution in [1.29, 1.82) is 5.26 Å². The highest BCUT2D eigenvalue weighted by atomic mass is 16.1. The molecule has 4 nitrogen and oxygen atoms in total. The molecule has 0 fully saturated rings. The summed E-state index contributed by atoms with van der Waals surface area (Å²) in [5.74, 6) is 0. The second-order valence-corrected chi connectivity index (χ2v) is 3.31. The number of hydrogen-bond donors (Lipinski definition) is 1. The molecule has 0 bridgehead atoms. The number of nitrogens with zero attached hydrogens (tertiary/aromatic N) is 2. The van der Waals surface area contributed by atoms with Crippen LogP contribution in [0.15, 0.2) is 29.1 Å². The average Bonchev–Trinajstić information content (AvgIpc) is 2.24. The molecule has 74 valence electrons. The summed E-state index contributed by atoms with van der Waals surface area (Å²) < 4.78 is 1.43. The number of nitrogen functional groups attached to an aromatic ring is 1. The predicted molar refractivity (Wildman–Crippen MR) is 58.3 cm³/mol. The third-order valence-electron chi connectivity index (χ3n) is 2.42. The Balaban J connectivity index is 3.10. The lowest BCUT2D eigenvalue weighted by atomic mass is 10.1. The second-order valence-electron chi connectivity index (χ2n) is 3.31. The Labute approximate surface area is 86.2 Å². The second kappa shape index (κ2) is 3.14. The van der Waals surface area contributed by atoms with E-state index in [1.807, 2.05) is 6.07 Å². The number of aryl methyl sites for hydroxylation is 1. The van der Waals surface area contributed by atoms with Gasteiger partial charge in [-0.3, -0.25) is 4.79 Å². The smallest absolute Gasteiger partial charge is 0.250 e. The van der Waals surface area contributed by atoms with Crippen LogP contribution in [0.1, 0.15) is 5.56 Å². The fourth-order valence-electron chi connectivity index (χ4n) is 1.62. The predicted octanol–water partition coefficient (Wildman–Crippen LogP) is 0.992. The van der Waals surface area contributed by atoms with Crippen LogP contribution in [-0.2, 0) is 7.05 Å². The summed E-state index contributed by atoms with van der Waals surface area (Å²) in [4.78, 5) is 11.4. The van der Waals surface area contributed by atoms with Gasteiger partial charge in [0, 0.05) is 13.1 Å². The summed E-state index contributed by atoms with van der Waals surface area (Å²) in [5.41, 5.74) is 6.87. The summed E-state index contributed by atoms with van der Waals surface area (Å²) in [6.45, 7) is 0. The molecular formula is C11H9N3O. The lowest BCUT2D eigenvalue weighted by Crippen LogP contribution is -2.16. The van der Waals surface area contributed by atoms with Crippen LogP contribution in [0.4, 0.5) is 5.69 Å². The molecule has 1 heterocycles. The molecule has 0 amide bonds. The van der Waals surface area contributed by atoms with E-state index in [1.54, 1.807) is 25.2 Å². The third-order valence-corrected chi connectivity index (χ3v) is 2.42. The van der Waals surface area contributed by atoms with Gasteiger partial charge < -0.3 is 10.3 Å². The molecule has 0 atom stereocenters. The summed E-state index contributed by atoms with van der Waals surface area (Å²) in [6, 6.07) is 8.65. The van der Waals surface area contributed by atoms with E-state index in [4.69, 9.17) is 11.0 Å². The van der Waals surface area contributed by atoms with Gasteiger partial charge >= 0.3 is 0 Å². The number of pyridine rings is 1. The average molecular weight is 199 g/mol. The summed E-state index contributed by atoms with van der Waals surface area (Å²) in [6.07, 6.45) is 0. The first-order chi connectivity index (χ1) is 7.15. The molecule has 0 spiro atoms. The van der Waals surface area contributed by atoms with Gasteiger partial charge in [-0.15, -0.1) is 0 Å². The fraction of sp³-hybridized carbons (Fsp3) is 0.0909. The molecule has 4 heteroatoms. The van der Waals surface area contributed by atoms with Crippen molar-refractivity contribution in [1.82, 2.24) is 4.57 Å². The van der Waals surface area contributed by atoms with Crippen molar-refractivity contribution in [2.75, 3.05) is 5.73 Å². The molecule has 0 radical (unpaired) electrons. The van der Waals surface area contributed by atoms with Crippen molar-refractivity contribution < 1.29 is 0 Å². The molecule has 2 N–H and O–H groups in total. The van der Waals surface area contributed by atoms with Gasteiger partial charge in [0.15, 0.2) is 0 Å². The van der Waals surface area contributed by atoms with Gasteiger partial charge in [-0.1, -0.05) is 6.07 Å². The summed E-state index contributed by atoms with van der Waals surface area (Å²) in [5, 5.41) is 9.82. The van der Waals surface area contributed by atoms with Gasteiger partial charge in [-0.2, -0.15) is 5.26 Å². The number of aromatic nitrogens is 1. The van der Waals surface area contributed by atoms with Crippen molar-refractivity contribution in [3.05, 3.63) is 40.2 Å². The van der Waals surface area contributed by atoms with E-state index in [0.717, 1.165) is 5.39 Å². The number of rotatable bonds is 0. The number of fused-ring (bicyclic) bond motifs is 1. The fourth-order valence-corrected chi connectivity index (χ4v) is 1.62. The Hall–Kier alpha value is -2.28. The molecule has 0 aliphatic carbocycles. The highest BCUT2D eigenvalue weighted by Gasteiger charge is 2.07.